The maximum Gasteiger partial charge on any atom is 0.243 e. The van der Waals surface area contributed by atoms with Gasteiger partial charge < -0.3 is 9.84 Å². The lowest BCUT2D eigenvalue weighted by molar-refractivity contribution is -0.0663. The monoisotopic (exact) mass is 365 g/mol. The molecule has 3 rings (SSSR count). The molecule has 1 aliphatic rings. The maximum atomic E-state index is 12.5. The van der Waals surface area contributed by atoms with Crippen molar-refractivity contribution in [3.05, 3.63) is 48.3 Å². The van der Waals surface area contributed by atoms with Crippen LogP contribution in [-0.2, 0) is 27.4 Å². The molecule has 1 saturated heterocycles. The molecule has 2 heterocycles. The molecule has 2 aromatic rings. The minimum atomic E-state index is -3.74. The highest BCUT2D eigenvalue weighted by Crippen LogP contribution is 2.36. The molecule has 1 atom stereocenters. The Labute approximate surface area is 147 Å². The van der Waals surface area contributed by atoms with Crippen molar-refractivity contribution in [3.63, 3.8) is 0 Å². The van der Waals surface area contributed by atoms with E-state index in [0.29, 0.717) is 31.6 Å². The fraction of sp³-hybridized carbons (Fsp3) is 0.471. The highest BCUT2D eigenvalue weighted by Gasteiger charge is 2.40. The van der Waals surface area contributed by atoms with E-state index in [9.17, 15) is 13.5 Å². The molecule has 0 bridgehead atoms. The predicted octanol–water partition coefficient (Wildman–Crippen LogP) is 1.01. The van der Waals surface area contributed by atoms with Crippen LogP contribution in [0, 0.1) is 5.92 Å². The summed E-state index contributed by atoms with van der Waals surface area (Å²) in [5.41, 5.74) is -0.587. The number of hydrogen-bond donors (Lipinski definition) is 2. The Morgan fingerprint density at radius 3 is 2.60 bits per heavy atom. The summed E-state index contributed by atoms with van der Waals surface area (Å²) < 4.78 is 34.4. The normalized spacial score (nSPS) is 18.8. The van der Waals surface area contributed by atoms with Gasteiger partial charge in [-0.3, -0.25) is 4.68 Å². The van der Waals surface area contributed by atoms with Crippen LogP contribution in [0.15, 0.2) is 47.6 Å². The van der Waals surface area contributed by atoms with Gasteiger partial charge in [0.2, 0.25) is 10.0 Å². The second-order valence-electron chi connectivity index (χ2n) is 6.35. The first-order valence-electron chi connectivity index (χ1n) is 8.26. The SMILES string of the molecule is Cn1cc(S(=O)(=O)NC[C@@](O)(c2ccccc2)C2CCOCC2)cn1. The van der Waals surface area contributed by atoms with Gasteiger partial charge in [0.15, 0.2) is 0 Å². The highest BCUT2D eigenvalue weighted by atomic mass is 32.2. The summed E-state index contributed by atoms with van der Waals surface area (Å²) in [6.07, 6.45) is 4.08. The van der Waals surface area contributed by atoms with Gasteiger partial charge in [-0.25, -0.2) is 13.1 Å². The van der Waals surface area contributed by atoms with Gasteiger partial charge in [-0.15, -0.1) is 0 Å². The molecule has 0 spiro atoms. The molecule has 8 heteroatoms. The van der Waals surface area contributed by atoms with Crippen molar-refractivity contribution in [2.45, 2.75) is 23.3 Å². The highest BCUT2D eigenvalue weighted by molar-refractivity contribution is 7.89. The zero-order chi connectivity index (χ0) is 17.9. The van der Waals surface area contributed by atoms with Gasteiger partial charge in [0.1, 0.15) is 10.5 Å². The molecule has 25 heavy (non-hydrogen) atoms. The van der Waals surface area contributed by atoms with Crippen molar-refractivity contribution in [3.8, 4) is 0 Å². The molecular formula is C17H23N3O4S. The second-order valence-corrected chi connectivity index (χ2v) is 8.12. The summed E-state index contributed by atoms with van der Waals surface area (Å²) in [4.78, 5) is 0.0809. The van der Waals surface area contributed by atoms with Crippen molar-refractivity contribution in [2.24, 2.45) is 13.0 Å². The van der Waals surface area contributed by atoms with E-state index in [4.69, 9.17) is 4.74 Å². The van der Waals surface area contributed by atoms with E-state index in [1.807, 2.05) is 30.3 Å². The summed E-state index contributed by atoms with van der Waals surface area (Å²) in [6.45, 7) is 1.03. The Kier molecular flexibility index (Phi) is 5.24. The Hall–Kier alpha value is -1.74. The van der Waals surface area contributed by atoms with Crippen LogP contribution in [0.25, 0.3) is 0 Å². The first kappa shape index (κ1) is 18.1. The number of hydrogen-bond acceptors (Lipinski definition) is 5. The largest absolute Gasteiger partial charge is 0.383 e. The lowest BCUT2D eigenvalue weighted by atomic mass is 9.77. The Bertz CT molecular complexity index is 800. The van der Waals surface area contributed by atoms with E-state index in [1.54, 1.807) is 7.05 Å². The number of nitrogens with one attached hydrogen (secondary N) is 1. The van der Waals surface area contributed by atoms with Crippen LogP contribution in [0.3, 0.4) is 0 Å². The van der Waals surface area contributed by atoms with Crippen molar-refractivity contribution in [1.29, 1.82) is 0 Å². The van der Waals surface area contributed by atoms with Gasteiger partial charge >= 0.3 is 0 Å². The van der Waals surface area contributed by atoms with E-state index in [-0.39, 0.29) is 17.4 Å². The maximum absolute atomic E-state index is 12.5. The van der Waals surface area contributed by atoms with Crippen molar-refractivity contribution in [1.82, 2.24) is 14.5 Å². The van der Waals surface area contributed by atoms with Crippen LogP contribution in [-0.4, -0.2) is 43.1 Å². The summed E-state index contributed by atoms with van der Waals surface area (Å²) in [5.74, 6) is -0.0831. The minimum absolute atomic E-state index is 0.0809. The molecule has 136 valence electrons. The fourth-order valence-corrected chi connectivity index (χ4v) is 4.26. The molecule has 0 aliphatic carbocycles. The number of sulfonamides is 1. The average molecular weight is 365 g/mol. The minimum Gasteiger partial charge on any atom is -0.383 e. The average Bonchev–Trinajstić information content (AvgIpc) is 3.09. The third-order valence-electron chi connectivity index (χ3n) is 4.69. The third kappa shape index (κ3) is 3.92. The molecule has 1 fully saturated rings. The predicted molar refractivity (Wildman–Crippen MR) is 92.3 cm³/mol. The molecule has 2 N–H and O–H groups in total. The van der Waals surface area contributed by atoms with E-state index in [0.717, 1.165) is 0 Å². The number of ether oxygens (including phenoxy) is 1. The number of rotatable bonds is 6. The van der Waals surface area contributed by atoms with Gasteiger partial charge in [0, 0.05) is 33.0 Å². The van der Waals surface area contributed by atoms with Crippen LogP contribution in [0.1, 0.15) is 18.4 Å². The molecule has 0 saturated carbocycles. The molecule has 0 unspecified atom stereocenters. The first-order valence-corrected chi connectivity index (χ1v) is 9.74. The van der Waals surface area contributed by atoms with Gasteiger partial charge in [0.05, 0.1) is 6.20 Å². The van der Waals surface area contributed by atoms with E-state index < -0.39 is 15.6 Å². The topological polar surface area (TPSA) is 93.5 Å². The molecule has 1 aromatic heterocycles. The molecule has 0 radical (unpaired) electrons. The first-order chi connectivity index (χ1) is 11.9. The zero-order valence-corrected chi connectivity index (χ0v) is 14.9. The zero-order valence-electron chi connectivity index (χ0n) is 14.1. The third-order valence-corrected chi connectivity index (χ3v) is 6.05. The molecule has 0 amide bonds. The molecule has 1 aliphatic heterocycles. The van der Waals surface area contributed by atoms with Crippen LogP contribution >= 0.6 is 0 Å². The second kappa shape index (κ2) is 7.25. The van der Waals surface area contributed by atoms with E-state index in [1.165, 1.54) is 17.1 Å². The Morgan fingerprint density at radius 2 is 2.00 bits per heavy atom. The summed E-state index contributed by atoms with van der Waals surface area (Å²) in [5, 5.41) is 15.3. The standard InChI is InChI=1S/C17H23N3O4S/c1-20-12-16(11-18-20)25(22,23)19-13-17(21,14-5-3-2-4-6-14)15-7-9-24-10-8-15/h2-6,11-12,15,19,21H,7-10,13H2,1H3/t17-/m1/s1. The van der Waals surface area contributed by atoms with Crippen LogP contribution < -0.4 is 4.72 Å². The van der Waals surface area contributed by atoms with Gasteiger partial charge in [0.25, 0.3) is 0 Å². The van der Waals surface area contributed by atoms with Gasteiger partial charge in [-0.1, -0.05) is 30.3 Å². The number of aromatic nitrogens is 2. The van der Waals surface area contributed by atoms with Gasteiger partial charge in [-0.05, 0) is 24.3 Å². The van der Waals surface area contributed by atoms with Crippen LogP contribution in [0.4, 0.5) is 0 Å². The number of nitrogens with zero attached hydrogens (tertiary/aromatic N) is 2. The molecular weight excluding hydrogens is 342 g/mol. The fourth-order valence-electron chi connectivity index (χ4n) is 3.21. The van der Waals surface area contributed by atoms with Gasteiger partial charge in [-0.2, -0.15) is 5.10 Å². The summed E-state index contributed by atoms with van der Waals surface area (Å²) in [6, 6.07) is 9.21. The Balaban J connectivity index is 1.85. The lowest BCUT2D eigenvalue weighted by Crippen LogP contribution is -2.47. The smallest absolute Gasteiger partial charge is 0.243 e. The van der Waals surface area contributed by atoms with Crippen molar-refractivity contribution < 1.29 is 18.3 Å². The van der Waals surface area contributed by atoms with E-state index >= 15 is 0 Å². The summed E-state index contributed by atoms with van der Waals surface area (Å²) >= 11 is 0. The van der Waals surface area contributed by atoms with Crippen LogP contribution in [0.5, 0.6) is 0 Å². The quantitative estimate of drug-likeness (QED) is 0.797. The molecule has 1 aromatic carbocycles. The van der Waals surface area contributed by atoms with Crippen molar-refractivity contribution in [2.75, 3.05) is 19.8 Å². The summed E-state index contributed by atoms with van der Waals surface area (Å²) in [7, 11) is -2.09. The lowest BCUT2D eigenvalue weighted by Gasteiger charge is -2.39. The number of benzene rings is 1. The van der Waals surface area contributed by atoms with Crippen LogP contribution in [0.2, 0.25) is 0 Å². The Morgan fingerprint density at radius 1 is 1.32 bits per heavy atom. The van der Waals surface area contributed by atoms with Crippen molar-refractivity contribution >= 4 is 10.0 Å². The number of aliphatic hydroxyl groups is 1. The molecule has 7 nitrogen and oxygen atoms in total. The van der Waals surface area contributed by atoms with E-state index in [2.05, 4.69) is 9.82 Å². The number of aryl methyl sites for hydroxylation is 1.